The lowest BCUT2D eigenvalue weighted by Crippen LogP contribution is -2.20. The third-order valence-corrected chi connectivity index (χ3v) is 4.07. The normalized spacial score (nSPS) is 10.9. The zero-order valence-corrected chi connectivity index (χ0v) is 15.7. The van der Waals surface area contributed by atoms with Gasteiger partial charge in [0, 0.05) is 23.2 Å². The molecule has 0 unspecified atom stereocenters. The molecule has 1 aromatic carbocycles. The first-order valence-electron chi connectivity index (χ1n) is 7.06. The second-order valence-electron chi connectivity index (χ2n) is 5.03. The van der Waals surface area contributed by atoms with Crippen molar-refractivity contribution in [3.63, 3.8) is 0 Å². The van der Waals surface area contributed by atoms with Crippen LogP contribution in [0, 0.1) is 12.7 Å². The van der Waals surface area contributed by atoms with Crippen molar-refractivity contribution in [1.82, 2.24) is 9.78 Å². The molecule has 0 fully saturated rings. The first-order chi connectivity index (χ1) is 11.8. The predicted molar refractivity (Wildman–Crippen MR) is 95.7 cm³/mol. The maximum absolute atomic E-state index is 13.6. The number of anilines is 1. The van der Waals surface area contributed by atoms with Crippen LogP contribution in [0.4, 0.5) is 10.1 Å². The van der Waals surface area contributed by atoms with Crippen LogP contribution >= 0.6 is 27.5 Å². The smallest absolute Gasteiger partial charge is 0.331 e. The summed E-state index contributed by atoms with van der Waals surface area (Å²) in [6.07, 6.45) is 2.60. The summed E-state index contributed by atoms with van der Waals surface area (Å²) in [7, 11) is 1.68. The van der Waals surface area contributed by atoms with Crippen molar-refractivity contribution in [2.45, 2.75) is 6.92 Å². The Hall–Kier alpha value is -2.19. The maximum Gasteiger partial charge on any atom is 0.331 e. The van der Waals surface area contributed by atoms with E-state index >= 15 is 0 Å². The molecule has 0 aliphatic heterocycles. The Labute approximate surface area is 156 Å². The van der Waals surface area contributed by atoms with Crippen LogP contribution in [0.15, 0.2) is 28.7 Å². The maximum atomic E-state index is 13.6. The molecule has 1 aromatic heterocycles. The minimum Gasteiger partial charge on any atom is -0.452 e. The van der Waals surface area contributed by atoms with Gasteiger partial charge in [0.2, 0.25) is 0 Å². The molecular weight excluding hydrogens is 417 g/mol. The minimum atomic E-state index is -0.731. The van der Waals surface area contributed by atoms with E-state index in [2.05, 4.69) is 26.3 Å². The molecule has 0 saturated carbocycles. The highest BCUT2D eigenvalue weighted by atomic mass is 79.9. The Morgan fingerprint density at radius 3 is 2.80 bits per heavy atom. The summed E-state index contributed by atoms with van der Waals surface area (Å²) in [6, 6.07) is 4.18. The molecule has 132 valence electrons. The van der Waals surface area contributed by atoms with Gasteiger partial charge >= 0.3 is 5.97 Å². The number of amides is 1. The topological polar surface area (TPSA) is 73.2 Å². The lowest BCUT2D eigenvalue weighted by atomic mass is 10.2. The van der Waals surface area contributed by atoms with Gasteiger partial charge in [-0.25, -0.2) is 9.18 Å². The summed E-state index contributed by atoms with van der Waals surface area (Å²) < 4.78 is 20.4. The fourth-order valence-corrected chi connectivity index (χ4v) is 2.52. The molecule has 9 heteroatoms. The molecule has 1 N–H and O–H groups in total. The molecule has 1 heterocycles. The predicted octanol–water partition coefficient (Wildman–Crippen LogP) is 3.48. The van der Waals surface area contributed by atoms with Crippen molar-refractivity contribution in [3.05, 3.63) is 51.0 Å². The van der Waals surface area contributed by atoms with E-state index in [9.17, 15) is 14.0 Å². The van der Waals surface area contributed by atoms with Gasteiger partial charge in [-0.05, 0) is 31.2 Å². The Kier molecular flexibility index (Phi) is 6.33. The van der Waals surface area contributed by atoms with Gasteiger partial charge in [0.1, 0.15) is 11.0 Å². The fraction of sp³-hybridized carbons (Fsp3) is 0.188. The van der Waals surface area contributed by atoms with E-state index in [1.54, 1.807) is 20.0 Å². The van der Waals surface area contributed by atoms with Gasteiger partial charge in [0.25, 0.3) is 5.91 Å². The van der Waals surface area contributed by atoms with Crippen LogP contribution in [-0.4, -0.2) is 28.3 Å². The summed E-state index contributed by atoms with van der Waals surface area (Å²) in [5.74, 6) is -1.99. The van der Waals surface area contributed by atoms with E-state index in [-0.39, 0.29) is 5.69 Å². The highest BCUT2D eigenvalue weighted by Gasteiger charge is 2.11. The van der Waals surface area contributed by atoms with Crippen LogP contribution in [0.5, 0.6) is 0 Å². The number of nitrogens with one attached hydrogen (secondary N) is 1. The molecule has 0 aliphatic rings. The third-order valence-electron chi connectivity index (χ3n) is 3.13. The van der Waals surface area contributed by atoms with Crippen molar-refractivity contribution < 1.29 is 18.7 Å². The largest absolute Gasteiger partial charge is 0.452 e. The SMILES string of the molecule is Cc1nn(C)c(Cl)c1/C=C/C(=O)OCC(=O)Nc1ccc(Br)cc1F. The third kappa shape index (κ3) is 5.14. The van der Waals surface area contributed by atoms with E-state index in [0.29, 0.717) is 20.9 Å². The van der Waals surface area contributed by atoms with Crippen LogP contribution in [0.25, 0.3) is 6.08 Å². The summed E-state index contributed by atoms with van der Waals surface area (Å²) in [4.78, 5) is 23.4. The van der Waals surface area contributed by atoms with Gasteiger partial charge in [-0.1, -0.05) is 27.5 Å². The molecular formula is C16H14BrClFN3O3. The van der Waals surface area contributed by atoms with E-state index < -0.39 is 24.3 Å². The number of aromatic nitrogens is 2. The zero-order valence-electron chi connectivity index (χ0n) is 13.3. The molecule has 0 radical (unpaired) electrons. The van der Waals surface area contributed by atoms with Crippen LogP contribution < -0.4 is 5.32 Å². The van der Waals surface area contributed by atoms with Crippen molar-refractivity contribution in [2.75, 3.05) is 11.9 Å². The number of halogens is 3. The molecule has 6 nitrogen and oxygen atoms in total. The monoisotopic (exact) mass is 429 g/mol. The second-order valence-corrected chi connectivity index (χ2v) is 6.30. The van der Waals surface area contributed by atoms with Crippen molar-refractivity contribution in [2.24, 2.45) is 7.05 Å². The van der Waals surface area contributed by atoms with Crippen molar-refractivity contribution in [3.8, 4) is 0 Å². The molecule has 2 rings (SSSR count). The fourth-order valence-electron chi connectivity index (χ4n) is 1.95. The highest BCUT2D eigenvalue weighted by molar-refractivity contribution is 9.10. The van der Waals surface area contributed by atoms with E-state index in [0.717, 1.165) is 6.08 Å². The summed E-state index contributed by atoms with van der Waals surface area (Å²) in [5.41, 5.74) is 1.24. The quantitative estimate of drug-likeness (QED) is 0.582. The first-order valence-corrected chi connectivity index (χ1v) is 8.24. The Balaban J connectivity index is 1.89. The average molecular weight is 431 g/mol. The molecule has 0 bridgehead atoms. The van der Waals surface area contributed by atoms with E-state index in [1.807, 2.05) is 0 Å². The van der Waals surface area contributed by atoms with Crippen LogP contribution in [0.2, 0.25) is 5.15 Å². The minimum absolute atomic E-state index is 0.00226. The second kappa shape index (κ2) is 8.26. The van der Waals surface area contributed by atoms with Gasteiger partial charge in [-0.3, -0.25) is 9.48 Å². The Morgan fingerprint density at radius 2 is 2.20 bits per heavy atom. The molecule has 2 aromatic rings. The number of aryl methyl sites for hydroxylation is 2. The summed E-state index contributed by atoms with van der Waals surface area (Å²) in [5, 5.41) is 6.80. The van der Waals surface area contributed by atoms with Crippen LogP contribution in [-0.2, 0) is 21.4 Å². The molecule has 0 saturated heterocycles. The number of hydrogen-bond acceptors (Lipinski definition) is 4. The van der Waals surface area contributed by atoms with Crippen LogP contribution in [0.3, 0.4) is 0 Å². The molecule has 1 amide bonds. The van der Waals surface area contributed by atoms with Crippen molar-refractivity contribution >= 4 is 51.2 Å². The van der Waals surface area contributed by atoms with Gasteiger partial charge in [-0.2, -0.15) is 5.10 Å². The van der Waals surface area contributed by atoms with Crippen LogP contribution in [0.1, 0.15) is 11.3 Å². The standard InChI is InChI=1S/C16H14BrClFN3O3/c1-9-11(16(18)22(2)21-9)4-6-15(24)25-8-14(23)20-13-5-3-10(17)7-12(13)19/h3-7H,8H2,1-2H3,(H,20,23)/b6-4+. The Bertz CT molecular complexity index is 851. The van der Waals surface area contributed by atoms with Gasteiger partial charge < -0.3 is 10.1 Å². The number of nitrogens with zero attached hydrogens (tertiary/aromatic N) is 2. The van der Waals surface area contributed by atoms with Gasteiger partial charge in [-0.15, -0.1) is 0 Å². The van der Waals surface area contributed by atoms with E-state index in [1.165, 1.54) is 22.9 Å². The number of carbonyl (C=O) groups excluding carboxylic acids is 2. The number of benzene rings is 1. The molecule has 25 heavy (non-hydrogen) atoms. The lowest BCUT2D eigenvalue weighted by Gasteiger charge is -2.06. The molecule has 0 spiro atoms. The number of rotatable bonds is 5. The van der Waals surface area contributed by atoms with Gasteiger partial charge in [0.15, 0.2) is 6.61 Å². The average Bonchev–Trinajstić information content (AvgIpc) is 2.79. The number of carbonyl (C=O) groups is 2. The summed E-state index contributed by atoms with van der Waals surface area (Å²) in [6.45, 7) is 1.20. The van der Waals surface area contributed by atoms with Crippen molar-refractivity contribution in [1.29, 1.82) is 0 Å². The van der Waals surface area contributed by atoms with E-state index in [4.69, 9.17) is 16.3 Å². The lowest BCUT2D eigenvalue weighted by molar-refractivity contribution is -0.142. The Morgan fingerprint density at radius 1 is 1.48 bits per heavy atom. The zero-order chi connectivity index (χ0) is 18.6. The van der Waals surface area contributed by atoms with Gasteiger partial charge in [0.05, 0.1) is 11.4 Å². The first kappa shape index (κ1) is 19.1. The molecule has 0 aliphatic carbocycles. The number of esters is 1. The highest BCUT2D eigenvalue weighted by Crippen LogP contribution is 2.20. The summed E-state index contributed by atoms with van der Waals surface area (Å²) >= 11 is 9.15. The number of hydrogen-bond donors (Lipinski definition) is 1. The molecule has 0 atom stereocenters. The number of ether oxygens (including phenoxy) is 1.